The van der Waals surface area contributed by atoms with Crippen LogP contribution in [0, 0.1) is 10.1 Å². The summed E-state index contributed by atoms with van der Waals surface area (Å²) in [5.41, 5.74) is 4.97. The number of nitro benzene ring substituents is 1. The number of non-ortho nitro benzene ring substituents is 1. The van der Waals surface area contributed by atoms with Crippen LogP contribution in [-0.2, 0) is 23.9 Å². The molecule has 0 saturated heterocycles. The Morgan fingerprint density at radius 1 is 1.18 bits per heavy atom. The minimum Gasteiger partial charge on any atom is -0.469 e. The van der Waals surface area contributed by atoms with Crippen LogP contribution in [0.1, 0.15) is 6.42 Å². The third-order valence-corrected chi connectivity index (χ3v) is 3.12. The van der Waals surface area contributed by atoms with Gasteiger partial charge < -0.3 is 25.8 Å². The molecule has 12 nitrogen and oxygen atoms in total. The molecular weight excluding hydrogens is 444 g/mol. The van der Waals surface area contributed by atoms with Gasteiger partial charge >= 0.3 is 11.9 Å². The number of amides is 2. The van der Waals surface area contributed by atoms with E-state index in [0.29, 0.717) is 0 Å². The number of rotatable bonds is 9. The number of hydrogen-bond acceptors (Lipinski definition) is 9. The maximum absolute atomic E-state index is 12.1. The molecule has 0 heterocycles. The van der Waals surface area contributed by atoms with Crippen LogP contribution >= 0.6 is 17.0 Å². The van der Waals surface area contributed by atoms with Gasteiger partial charge in [-0.25, -0.2) is 4.79 Å². The molecule has 1 rings (SSSR count). The number of hydrogen-bond donors (Lipinski definition) is 3. The second-order valence-electron chi connectivity index (χ2n) is 5.05. The number of methoxy groups -OCH3 is 1. The van der Waals surface area contributed by atoms with E-state index in [9.17, 15) is 29.3 Å². The molecule has 154 valence electrons. The molecule has 0 bridgehead atoms. The van der Waals surface area contributed by atoms with Crippen LogP contribution in [0.15, 0.2) is 24.3 Å². The molecule has 0 unspecified atom stereocenters. The first-order valence-corrected chi connectivity index (χ1v) is 7.56. The largest absolute Gasteiger partial charge is 0.469 e. The van der Waals surface area contributed by atoms with Crippen molar-refractivity contribution < 1.29 is 33.6 Å². The summed E-state index contributed by atoms with van der Waals surface area (Å²) < 4.78 is 9.34. The summed E-state index contributed by atoms with van der Waals surface area (Å²) in [5, 5.41) is 15.0. The summed E-state index contributed by atoms with van der Waals surface area (Å²) in [7, 11) is 1.11. The van der Waals surface area contributed by atoms with Crippen LogP contribution in [0.2, 0.25) is 0 Å². The Kier molecular flexibility index (Phi) is 11.0. The maximum atomic E-state index is 12.1. The van der Waals surface area contributed by atoms with Crippen LogP contribution in [0.3, 0.4) is 0 Å². The Morgan fingerprint density at radius 2 is 1.79 bits per heavy atom. The molecule has 1 aromatic rings. The lowest BCUT2D eigenvalue weighted by molar-refractivity contribution is -0.384. The first kappa shape index (κ1) is 24.9. The van der Waals surface area contributed by atoms with E-state index >= 15 is 0 Å². The highest BCUT2D eigenvalue weighted by atomic mass is 79.9. The van der Waals surface area contributed by atoms with Crippen molar-refractivity contribution in [1.82, 2.24) is 10.6 Å². The monoisotopic (exact) mass is 462 g/mol. The van der Waals surface area contributed by atoms with Crippen LogP contribution in [0.4, 0.5) is 5.69 Å². The smallest absolute Gasteiger partial charge is 0.330 e. The Morgan fingerprint density at radius 3 is 2.29 bits per heavy atom. The standard InChI is InChI=1S/C15H18N4O8.BrH/c1-26-13(21)6-11(18-12(20)7-16)15(23)17-8-14(22)27-10-4-2-9(3-5-10)19(24)25;/h2-5,11H,6-8,16H2,1H3,(H,17,23)(H,18,20);1H/t11-;/m0./s1. The average molecular weight is 463 g/mol. The third-order valence-electron chi connectivity index (χ3n) is 3.12. The van der Waals surface area contributed by atoms with Gasteiger partial charge in [0.15, 0.2) is 0 Å². The zero-order valence-corrected chi connectivity index (χ0v) is 16.4. The highest BCUT2D eigenvalue weighted by Gasteiger charge is 2.24. The van der Waals surface area contributed by atoms with Crippen molar-refractivity contribution in [3.05, 3.63) is 34.4 Å². The molecule has 0 fully saturated rings. The van der Waals surface area contributed by atoms with Gasteiger partial charge in [0.2, 0.25) is 11.8 Å². The van der Waals surface area contributed by atoms with Crippen molar-refractivity contribution in [3.63, 3.8) is 0 Å². The van der Waals surface area contributed by atoms with Crippen molar-refractivity contribution in [2.45, 2.75) is 12.5 Å². The number of ether oxygens (including phenoxy) is 2. The summed E-state index contributed by atoms with van der Waals surface area (Å²) >= 11 is 0. The summed E-state index contributed by atoms with van der Waals surface area (Å²) in [6.45, 7) is -0.959. The summed E-state index contributed by atoms with van der Waals surface area (Å²) in [5.74, 6) is -3.06. The Bertz CT molecular complexity index is 707. The molecule has 0 radical (unpaired) electrons. The number of nitrogens with two attached hydrogens (primary N) is 1. The van der Waals surface area contributed by atoms with E-state index in [-0.39, 0.29) is 28.4 Å². The lowest BCUT2D eigenvalue weighted by atomic mass is 10.2. The van der Waals surface area contributed by atoms with Crippen LogP contribution in [0.25, 0.3) is 0 Å². The Balaban J connectivity index is 0.00000729. The topological polar surface area (TPSA) is 180 Å². The second kappa shape index (κ2) is 12.3. The molecule has 0 aliphatic heterocycles. The maximum Gasteiger partial charge on any atom is 0.330 e. The fourth-order valence-corrected chi connectivity index (χ4v) is 1.80. The van der Waals surface area contributed by atoms with E-state index in [2.05, 4.69) is 15.4 Å². The van der Waals surface area contributed by atoms with Crippen LogP contribution in [-0.4, -0.2) is 54.9 Å². The molecule has 2 amide bonds. The summed E-state index contributed by atoms with van der Waals surface area (Å²) in [6.07, 6.45) is -0.453. The summed E-state index contributed by atoms with van der Waals surface area (Å²) in [4.78, 5) is 56.4. The van der Waals surface area contributed by atoms with Gasteiger partial charge in [-0.2, -0.15) is 0 Å². The van der Waals surface area contributed by atoms with Crippen LogP contribution in [0.5, 0.6) is 5.75 Å². The third kappa shape index (κ3) is 8.55. The van der Waals surface area contributed by atoms with Crippen molar-refractivity contribution in [2.24, 2.45) is 5.73 Å². The van der Waals surface area contributed by atoms with Gasteiger partial charge in [-0.1, -0.05) is 0 Å². The van der Waals surface area contributed by atoms with E-state index in [4.69, 9.17) is 10.5 Å². The van der Waals surface area contributed by atoms with E-state index in [1.165, 1.54) is 12.1 Å². The zero-order chi connectivity index (χ0) is 20.4. The highest BCUT2D eigenvalue weighted by molar-refractivity contribution is 8.93. The number of nitrogens with one attached hydrogen (secondary N) is 2. The lowest BCUT2D eigenvalue weighted by Crippen LogP contribution is -2.50. The van der Waals surface area contributed by atoms with Crippen molar-refractivity contribution in [1.29, 1.82) is 0 Å². The molecule has 0 aromatic heterocycles. The van der Waals surface area contributed by atoms with Gasteiger partial charge in [0.05, 0.1) is 25.0 Å². The lowest BCUT2D eigenvalue weighted by Gasteiger charge is -2.16. The van der Waals surface area contributed by atoms with E-state index in [0.717, 1.165) is 19.2 Å². The number of carbonyl (C=O) groups excluding carboxylic acids is 4. The normalized spacial score (nSPS) is 10.6. The van der Waals surface area contributed by atoms with Gasteiger partial charge in [0, 0.05) is 12.1 Å². The predicted octanol–water partition coefficient (Wildman–Crippen LogP) is -0.799. The number of carbonyl (C=O) groups is 4. The fraction of sp³-hybridized carbons (Fsp3) is 0.333. The first-order valence-electron chi connectivity index (χ1n) is 7.56. The van der Waals surface area contributed by atoms with E-state index in [1.807, 2.05) is 0 Å². The molecule has 4 N–H and O–H groups in total. The minimum absolute atomic E-state index is 0. The molecule has 0 aliphatic carbocycles. The molecule has 0 saturated carbocycles. The SMILES string of the molecule is Br.COC(=O)C[C@H](NC(=O)CN)C(=O)NCC(=O)Oc1ccc([N+](=O)[O-])cc1. The first-order chi connectivity index (χ1) is 12.8. The predicted molar refractivity (Wildman–Crippen MR) is 99.7 cm³/mol. The van der Waals surface area contributed by atoms with Gasteiger partial charge in [0.25, 0.3) is 5.69 Å². The summed E-state index contributed by atoms with van der Waals surface area (Å²) in [6, 6.07) is 3.46. The second-order valence-corrected chi connectivity index (χ2v) is 5.05. The molecular formula is C15H19BrN4O8. The van der Waals surface area contributed by atoms with Crippen LogP contribution < -0.4 is 21.1 Å². The van der Waals surface area contributed by atoms with Crippen molar-refractivity contribution in [3.8, 4) is 5.75 Å². The van der Waals surface area contributed by atoms with Gasteiger partial charge in [0.1, 0.15) is 18.3 Å². The van der Waals surface area contributed by atoms with Crippen molar-refractivity contribution in [2.75, 3.05) is 20.2 Å². The number of halogens is 1. The van der Waals surface area contributed by atoms with Crippen molar-refractivity contribution >= 4 is 46.4 Å². The minimum atomic E-state index is -1.28. The van der Waals surface area contributed by atoms with E-state index in [1.54, 1.807) is 0 Å². The number of nitro groups is 1. The Hall–Kier alpha value is -3.06. The van der Waals surface area contributed by atoms with Gasteiger partial charge in [-0.3, -0.25) is 24.5 Å². The van der Waals surface area contributed by atoms with E-state index < -0.39 is 54.2 Å². The molecule has 28 heavy (non-hydrogen) atoms. The van der Waals surface area contributed by atoms with Gasteiger partial charge in [-0.05, 0) is 12.1 Å². The van der Waals surface area contributed by atoms with Gasteiger partial charge in [-0.15, -0.1) is 17.0 Å². The zero-order valence-electron chi connectivity index (χ0n) is 14.7. The number of benzene rings is 1. The fourth-order valence-electron chi connectivity index (χ4n) is 1.80. The molecule has 0 spiro atoms. The molecule has 13 heteroatoms. The highest BCUT2D eigenvalue weighted by Crippen LogP contribution is 2.17. The Labute approximate surface area is 169 Å². The molecule has 0 aliphatic rings. The number of esters is 2. The average Bonchev–Trinajstić information content (AvgIpc) is 2.65. The molecule has 1 atom stereocenters. The quantitative estimate of drug-likeness (QED) is 0.183. The molecule has 1 aromatic carbocycles. The number of nitrogens with zero attached hydrogens (tertiary/aromatic N) is 1.